The second-order valence-corrected chi connectivity index (χ2v) is 9.87. The van der Waals surface area contributed by atoms with Crippen LogP contribution in [0.3, 0.4) is 0 Å². The predicted molar refractivity (Wildman–Crippen MR) is 129 cm³/mol. The van der Waals surface area contributed by atoms with Crippen LogP contribution >= 0.6 is 18.0 Å². The van der Waals surface area contributed by atoms with E-state index in [4.69, 9.17) is 18.7 Å². The Morgan fingerprint density at radius 1 is 0.903 bits per heavy atom. The molecule has 0 radical (unpaired) electrons. The van der Waals surface area contributed by atoms with Gasteiger partial charge in [-0.05, 0) is 18.6 Å². The average molecular weight is 452 g/mol. The maximum absolute atomic E-state index is 6.47. The maximum Gasteiger partial charge on any atom is 0.187 e. The highest BCUT2D eigenvalue weighted by atomic mass is 31.1. The first kappa shape index (κ1) is 20.9. The van der Waals surface area contributed by atoms with E-state index in [0.29, 0.717) is 13.2 Å². The van der Waals surface area contributed by atoms with Gasteiger partial charge in [0, 0.05) is 21.8 Å². The number of para-hydroxylation sites is 3. The van der Waals surface area contributed by atoms with Crippen LogP contribution in [-0.4, -0.2) is 13.2 Å². The molecule has 31 heavy (non-hydrogen) atoms. The number of ether oxygens (including phenoxy) is 3. The molecule has 2 atom stereocenters. The van der Waals surface area contributed by atoms with Gasteiger partial charge in [0.25, 0.3) is 0 Å². The van der Waals surface area contributed by atoms with Gasteiger partial charge < -0.3 is 18.7 Å². The zero-order valence-corrected chi connectivity index (χ0v) is 19.8. The smallest absolute Gasteiger partial charge is 0.187 e. The SMILES string of the molecule is CC1(C)c2cccc(P)c2Oc2c(POc3ccccc3C3OCCCO3)cccc21. The highest BCUT2D eigenvalue weighted by Gasteiger charge is 2.36. The zero-order valence-electron chi connectivity index (χ0n) is 17.7. The largest absolute Gasteiger partial charge is 0.472 e. The van der Waals surface area contributed by atoms with Gasteiger partial charge in [0.15, 0.2) is 6.29 Å². The van der Waals surface area contributed by atoms with Crippen molar-refractivity contribution in [3.63, 3.8) is 0 Å². The highest BCUT2D eigenvalue weighted by Crippen LogP contribution is 2.48. The van der Waals surface area contributed by atoms with Crippen molar-refractivity contribution in [2.45, 2.75) is 32.0 Å². The molecule has 2 aliphatic heterocycles. The molecule has 1 fully saturated rings. The summed E-state index contributed by atoms with van der Waals surface area (Å²) in [7, 11) is 2.89. The van der Waals surface area contributed by atoms with Crippen molar-refractivity contribution in [1.29, 1.82) is 0 Å². The number of fused-ring (bicyclic) bond motifs is 2. The molecular weight excluding hydrogens is 426 g/mol. The summed E-state index contributed by atoms with van der Waals surface area (Å²) in [6.45, 7) is 5.90. The normalized spacial score (nSPS) is 17.8. The minimum absolute atomic E-state index is 0.0986. The molecule has 2 aliphatic rings. The molecule has 0 aromatic heterocycles. The topological polar surface area (TPSA) is 36.9 Å². The van der Waals surface area contributed by atoms with E-state index in [1.165, 1.54) is 11.1 Å². The number of rotatable bonds is 4. The molecule has 2 heterocycles. The summed E-state index contributed by atoms with van der Waals surface area (Å²) in [6, 6.07) is 20.6. The second kappa shape index (κ2) is 8.52. The fraction of sp³-hybridized carbons (Fsp3) is 0.280. The Morgan fingerprint density at radius 2 is 1.61 bits per heavy atom. The average Bonchev–Trinajstić information content (AvgIpc) is 2.79. The van der Waals surface area contributed by atoms with Gasteiger partial charge in [0.2, 0.25) is 0 Å². The monoisotopic (exact) mass is 452 g/mol. The van der Waals surface area contributed by atoms with Crippen LogP contribution in [0, 0.1) is 0 Å². The Bertz CT molecular complexity index is 1110. The van der Waals surface area contributed by atoms with Gasteiger partial charge >= 0.3 is 0 Å². The second-order valence-electron chi connectivity index (χ2n) is 8.30. The van der Waals surface area contributed by atoms with Crippen LogP contribution in [0.15, 0.2) is 60.7 Å². The molecule has 0 amide bonds. The van der Waals surface area contributed by atoms with Gasteiger partial charge in [-0.25, -0.2) is 0 Å². The molecule has 0 spiro atoms. The van der Waals surface area contributed by atoms with E-state index < -0.39 is 0 Å². The first-order valence-electron chi connectivity index (χ1n) is 10.5. The quantitative estimate of drug-likeness (QED) is 0.500. The Balaban J connectivity index is 1.46. The molecule has 0 aliphatic carbocycles. The lowest BCUT2D eigenvalue weighted by Gasteiger charge is -2.36. The first-order valence-corrected chi connectivity index (χ1v) is 12.0. The van der Waals surface area contributed by atoms with Gasteiger partial charge in [-0.15, -0.1) is 9.24 Å². The molecule has 0 N–H and O–H groups in total. The summed E-state index contributed by atoms with van der Waals surface area (Å²) >= 11 is 0. The third-order valence-corrected chi connectivity index (χ3v) is 7.27. The summed E-state index contributed by atoms with van der Waals surface area (Å²) in [5, 5.41) is 2.11. The van der Waals surface area contributed by atoms with Crippen molar-refractivity contribution in [2.75, 3.05) is 13.2 Å². The lowest BCUT2D eigenvalue weighted by Crippen LogP contribution is -2.28. The summed E-state index contributed by atoms with van der Waals surface area (Å²) in [5.74, 6) is 2.61. The van der Waals surface area contributed by atoms with E-state index in [1.54, 1.807) is 0 Å². The lowest BCUT2D eigenvalue weighted by atomic mass is 9.76. The number of benzene rings is 3. The van der Waals surface area contributed by atoms with Crippen LogP contribution in [0.1, 0.15) is 43.2 Å². The lowest BCUT2D eigenvalue weighted by molar-refractivity contribution is -0.183. The zero-order chi connectivity index (χ0) is 21.4. The highest BCUT2D eigenvalue weighted by molar-refractivity contribution is 7.42. The molecule has 4 nitrogen and oxygen atoms in total. The van der Waals surface area contributed by atoms with E-state index in [1.807, 2.05) is 24.3 Å². The molecule has 1 saturated heterocycles. The van der Waals surface area contributed by atoms with Gasteiger partial charge in [-0.1, -0.05) is 62.4 Å². The van der Waals surface area contributed by atoms with Gasteiger partial charge in [-0.3, -0.25) is 0 Å². The van der Waals surface area contributed by atoms with Crippen molar-refractivity contribution < 1.29 is 18.7 Å². The van der Waals surface area contributed by atoms with Crippen LogP contribution in [0.25, 0.3) is 0 Å². The fourth-order valence-electron chi connectivity index (χ4n) is 4.17. The van der Waals surface area contributed by atoms with Crippen molar-refractivity contribution >= 4 is 28.7 Å². The van der Waals surface area contributed by atoms with Crippen LogP contribution in [0.4, 0.5) is 0 Å². The van der Waals surface area contributed by atoms with E-state index in [9.17, 15) is 0 Å². The number of hydrogen-bond acceptors (Lipinski definition) is 4. The third kappa shape index (κ3) is 3.88. The standard InChI is InChI=1S/C25H26O4P2/c1-25(2)17-9-5-12-20(30)22(17)28-23-18(25)10-6-13-21(23)31-29-19-11-4-3-8-16(19)24-26-14-7-15-27-24/h3-6,8-13,24,31H,7,14-15,30H2,1-2H3. The Kier molecular flexibility index (Phi) is 5.75. The molecule has 160 valence electrons. The molecule has 0 saturated carbocycles. The van der Waals surface area contributed by atoms with Crippen molar-refractivity contribution in [1.82, 2.24) is 0 Å². The minimum Gasteiger partial charge on any atom is -0.472 e. The van der Waals surface area contributed by atoms with E-state index >= 15 is 0 Å². The molecular formula is C25H26O4P2. The minimum atomic E-state index is -0.374. The Hall–Kier alpha value is -1.96. The number of hydrogen-bond donors (Lipinski definition) is 0. The van der Waals surface area contributed by atoms with Crippen LogP contribution in [-0.2, 0) is 14.9 Å². The van der Waals surface area contributed by atoms with Crippen molar-refractivity contribution in [3.8, 4) is 17.2 Å². The first-order chi connectivity index (χ1) is 15.1. The Labute approximate surface area is 187 Å². The molecule has 2 unspecified atom stereocenters. The molecule has 0 bridgehead atoms. The third-order valence-electron chi connectivity index (χ3n) is 5.88. The van der Waals surface area contributed by atoms with E-state index in [2.05, 4.69) is 59.5 Å². The van der Waals surface area contributed by atoms with Crippen LogP contribution in [0.2, 0.25) is 0 Å². The molecule has 3 aromatic carbocycles. The molecule has 5 rings (SSSR count). The van der Waals surface area contributed by atoms with E-state index in [-0.39, 0.29) is 20.5 Å². The van der Waals surface area contributed by atoms with Gasteiger partial charge in [0.1, 0.15) is 26.1 Å². The van der Waals surface area contributed by atoms with Crippen molar-refractivity contribution in [3.05, 3.63) is 77.4 Å². The van der Waals surface area contributed by atoms with Gasteiger partial charge in [0.05, 0.1) is 24.1 Å². The van der Waals surface area contributed by atoms with Crippen molar-refractivity contribution in [2.24, 2.45) is 0 Å². The Morgan fingerprint density at radius 3 is 2.42 bits per heavy atom. The van der Waals surface area contributed by atoms with Crippen LogP contribution in [0.5, 0.6) is 17.2 Å². The summed E-state index contributed by atoms with van der Waals surface area (Å²) in [4.78, 5) is 0. The summed E-state index contributed by atoms with van der Waals surface area (Å²) < 4.78 is 24.4. The van der Waals surface area contributed by atoms with Gasteiger partial charge in [-0.2, -0.15) is 0 Å². The summed E-state index contributed by atoms with van der Waals surface area (Å²) in [5.41, 5.74) is 3.15. The molecule has 3 aromatic rings. The maximum atomic E-state index is 6.47. The molecule has 6 heteroatoms. The summed E-state index contributed by atoms with van der Waals surface area (Å²) in [6.07, 6.45) is 0.546. The van der Waals surface area contributed by atoms with Crippen LogP contribution < -0.4 is 19.9 Å². The fourth-order valence-corrected chi connectivity index (χ4v) is 5.35. The predicted octanol–water partition coefficient (Wildman–Crippen LogP) is 5.35. The van der Waals surface area contributed by atoms with E-state index in [0.717, 1.165) is 39.8 Å².